The van der Waals surface area contributed by atoms with Crippen LogP contribution in [0.3, 0.4) is 0 Å². The number of carbonyl (C=O) groups is 3. The zero-order valence-electron chi connectivity index (χ0n) is 17.8. The van der Waals surface area contributed by atoms with Gasteiger partial charge in [-0.15, -0.1) is 0 Å². The molecular weight excluding hydrogens is 435 g/mol. The summed E-state index contributed by atoms with van der Waals surface area (Å²) in [7, 11) is 0. The predicted octanol–water partition coefficient (Wildman–Crippen LogP) is 4.54. The van der Waals surface area contributed by atoms with Crippen molar-refractivity contribution in [3.05, 3.63) is 59.7 Å². The number of benzene rings is 2. The summed E-state index contributed by atoms with van der Waals surface area (Å²) in [6, 6.07) is 11.1. The average molecular weight is 459 g/mol. The maximum absolute atomic E-state index is 12.7. The lowest BCUT2D eigenvalue weighted by atomic mass is 9.95. The summed E-state index contributed by atoms with van der Waals surface area (Å²) in [5, 5.41) is 5.71. The van der Waals surface area contributed by atoms with E-state index in [0.717, 1.165) is 25.0 Å². The highest BCUT2D eigenvalue weighted by Gasteiger charge is 2.32. The van der Waals surface area contributed by atoms with Gasteiger partial charge >= 0.3 is 6.18 Å². The van der Waals surface area contributed by atoms with Gasteiger partial charge in [0, 0.05) is 41.9 Å². The molecule has 0 aromatic heterocycles. The minimum atomic E-state index is -4.45. The van der Waals surface area contributed by atoms with Crippen molar-refractivity contribution in [3.63, 3.8) is 0 Å². The van der Waals surface area contributed by atoms with E-state index in [1.54, 1.807) is 29.2 Å². The molecule has 174 valence electrons. The maximum Gasteiger partial charge on any atom is 0.416 e. The number of piperidine rings is 1. The number of hydrogen-bond donors (Lipinski definition) is 2. The molecule has 2 aromatic carbocycles. The van der Waals surface area contributed by atoms with Gasteiger partial charge in [-0.25, -0.2) is 0 Å². The van der Waals surface area contributed by atoms with Gasteiger partial charge in [-0.3, -0.25) is 14.4 Å². The van der Waals surface area contributed by atoms with Crippen LogP contribution >= 0.6 is 0 Å². The molecule has 1 heterocycles. The number of amides is 3. The maximum atomic E-state index is 12.7. The predicted molar refractivity (Wildman–Crippen MR) is 116 cm³/mol. The first-order valence-corrected chi connectivity index (χ1v) is 10.9. The summed E-state index contributed by atoms with van der Waals surface area (Å²) in [6.07, 6.45) is -1.73. The number of rotatable bonds is 5. The Bertz CT molecular complexity index is 1040. The highest BCUT2D eigenvalue weighted by molar-refractivity contribution is 5.97. The molecule has 0 unspecified atom stereocenters. The fraction of sp³-hybridized carbons (Fsp3) is 0.375. The highest BCUT2D eigenvalue weighted by atomic mass is 19.4. The molecule has 3 amide bonds. The molecule has 33 heavy (non-hydrogen) atoms. The van der Waals surface area contributed by atoms with Crippen molar-refractivity contribution in [1.29, 1.82) is 0 Å². The van der Waals surface area contributed by atoms with E-state index in [9.17, 15) is 27.6 Å². The molecule has 6 nitrogen and oxygen atoms in total. The van der Waals surface area contributed by atoms with Gasteiger partial charge in [-0.1, -0.05) is 6.07 Å². The second-order valence-electron chi connectivity index (χ2n) is 8.48. The van der Waals surface area contributed by atoms with Crippen molar-refractivity contribution in [2.24, 2.45) is 11.8 Å². The first-order valence-electron chi connectivity index (χ1n) is 10.9. The summed E-state index contributed by atoms with van der Waals surface area (Å²) in [4.78, 5) is 38.8. The molecule has 1 aliphatic carbocycles. The van der Waals surface area contributed by atoms with Crippen LogP contribution in [0.25, 0.3) is 0 Å². The number of alkyl halides is 3. The lowest BCUT2D eigenvalue weighted by molar-refractivity contribution is -0.137. The van der Waals surface area contributed by atoms with Crippen LogP contribution in [0.2, 0.25) is 0 Å². The Morgan fingerprint density at radius 3 is 1.79 bits per heavy atom. The van der Waals surface area contributed by atoms with Crippen LogP contribution in [0.15, 0.2) is 48.5 Å². The SMILES string of the molecule is O=C(Nc1cccc(NC(=O)C2CCN(C(=O)c3ccc(C(F)(F)F)cc3)CC2)c1)C1CC1. The van der Waals surface area contributed by atoms with Crippen LogP contribution in [-0.2, 0) is 15.8 Å². The smallest absolute Gasteiger partial charge is 0.339 e. The Morgan fingerprint density at radius 1 is 0.788 bits per heavy atom. The number of nitrogens with zero attached hydrogens (tertiary/aromatic N) is 1. The van der Waals surface area contributed by atoms with E-state index < -0.39 is 11.7 Å². The minimum absolute atomic E-state index is 0.0106. The van der Waals surface area contributed by atoms with Crippen LogP contribution in [-0.4, -0.2) is 35.7 Å². The van der Waals surface area contributed by atoms with Crippen LogP contribution in [0.1, 0.15) is 41.6 Å². The molecular formula is C24H24F3N3O3. The van der Waals surface area contributed by atoms with Crippen molar-refractivity contribution in [3.8, 4) is 0 Å². The van der Waals surface area contributed by atoms with Crippen LogP contribution in [0, 0.1) is 11.8 Å². The van der Waals surface area contributed by atoms with Gasteiger partial charge in [0.2, 0.25) is 11.8 Å². The molecule has 0 radical (unpaired) electrons. The number of likely N-dealkylation sites (tertiary alicyclic amines) is 1. The summed E-state index contributed by atoms with van der Waals surface area (Å²) in [5.41, 5.74) is 0.597. The standard InChI is InChI=1S/C24H24F3N3O3/c25-24(26,27)18-8-6-17(7-9-18)23(33)30-12-10-16(11-13-30)22(32)29-20-3-1-2-19(14-20)28-21(31)15-4-5-15/h1-3,6-9,14-16H,4-5,10-13H2,(H,28,31)(H,29,32). The molecule has 0 atom stereocenters. The largest absolute Gasteiger partial charge is 0.416 e. The molecule has 2 aliphatic rings. The lowest BCUT2D eigenvalue weighted by Gasteiger charge is -2.31. The van der Waals surface area contributed by atoms with E-state index in [4.69, 9.17) is 0 Å². The van der Waals surface area contributed by atoms with Crippen molar-refractivity contribution >= 4 is 29.1 Å². The summed E-state index contributed by atoms with van der Waals surface area (Å²) < 4.78 is 38.1. The average Bonchev–Trinajstić information content (AvgIpc) is 3.64. The quantitative estimate of drug-likeness (QED) is 0.689. The zero-order chi connectivity index (χ0) is 23.6. The zero-order valence-corrected chi connectivity index (χ0v) is 17.8. The molecule has 9 heteroatoms. The first kappa shape index (κ1) is 22.8. The van der Waals surface area contributed by atoms with Crippen molar-refractivity contribution in [2.45, 2.75) is 31.9 Å². The number of nitrogens with one attached hydrogen (secondary N) is 2. The lowest BCUT2D eigenvalue weighted by Crippen LogP contribution is -2.41. The Kier molecular flexibility index (Phi) is 6.40. The van der Waals surface area contributed by atoms with Gasteiger partial charge in [-0.2, -0.15) is 13.2 Å². The topological polar surface area (TPSA) is 78.5 Å². The Morgan fingerprint density at radius 2 is 1.30 bits per heavy atom. The fourth-order valence-corrected chi connectivity index (χ4v) is 3.84. The van der Waals surface area contributed by atoms with Gasteiger partial charge < -0.3 is 15.5 Å². The molecule has 2 fully saturated rings. The second-order valence-corrected chi connectivity index (χ2v) is 8.48. The monoisotopic (exact) mass is 459 g/mol. The molecule has 2 aromatic rings. The minimum Gasteiger partial charge on any atom is -0.339 e. The molecule has 1 aliphatic heterocycles. The molecule has 2 N–H and O–H groups in total. The number of anilines is 2. The summed E-state index contributed by atoms with van der Waals surface area (Å²) >= 11 is 0. The van der Waals surface area contributed by atoms with Gasteiger partial charge in [0.05, 0.1) is 5.56 Å². The van der Waals surface area contributed by atoms with E-state index in [-0.39, 0.29) is 35.1 Å². The third kappa shape index (κ3) is 5.71. The number of hydrogen-bond acceptors (Lipinski definition) is 3. The molecule has 1 saturated carbocycles. The van der Waals surface area contributed by atoms with Crippen LogP contribution < -0.4 is 10.6 Å². The van der Waals surface area contributed by atoms with E-state index in [2.05, 4.69) is 10.6 Å². The number of halogens is 3. The van der Waals surface area contributed by atoms with Gasteiger partial charge in [-0.05, 0) is 68.1 Å². The Hall–Kier alpha value is -3.36. The third-order valence-electron chi connectivity index (χ3n) is 5.96. The van der Waals surface area contributed by atoms with Crippen LogP contribution in [0.5, 0.6) is 0 Å². The van der Waals surface area contributed by atoms with E-state index in [1.807, 2.05) is 0 Å². The van der Waals surface area contributed by atoms with Crippen molar-refractivity contribution in [1.82, 2.24) is 4.90 Å². The van der Waals surface area contributed by atoms with Gasteiger partial charge in [0.25, 0.3) is 5.91 Å². The highest BCUT2D eigenvalue weighted by Crippen LogP contribution is 2.31. The van der Waals surface area contributed by atoms with Gasteiger partial charge in [0.1, 0.15) is 0 Å². The molecule has 4 rings (SSSR count). The molecule has 0 bridgehead atoms. The first-order chi connectivity index (χ1) is 15.7. The van der Waals surface area contributed by atoms with Crippen LogP contribution in [0.4, 0.5) is 24.5 Å². The van der Waals surface area contributed by atoms with E-state index >= 15 is 0 Å². The normalized spacial score (nSPS) is 16.9. The summed E-state index contributed by atoms with van der Waals surface area (Å²) in [6.45, 7) is 0.685. The van der Waals surface area contributed by atoms with Crippen molar-refractivity contribution in [2.75, 3.05) is 23.7 Å². The second kappa shape index (κ2) is 9.25. The fourth-order valence-electron chi connectivity index (χ4n) is 3.84. The third-order valence-corrected chi connectivity index (χ3v) is 5.96. The van der Waals surface area contributed by atoms with Crippen molar-refractivity contribution < 1.29 is 27.6 Å². The number of carbonyl (C=O) groups excluding carboxylic acids is 3. The van der Waals surface area contributed by atoms with E-state index in [1.165, 1.54) is 12.1 Å². The Labute approximate surface area is 189 Å². The van der Waals surface area contributed by atoms with Gasteiger partial charge in [0.15, 0.2) is 0 Å². The van der Waals surface area contributed by atoms with E-state index in [0.29, 0.717) is 37.3 Å². The Balaban J connectivity index is 1.29. The summed E-state index contributed by atoms with van der Waals surface area (Å²) in [5.74, 6) is -0.724. The molecule has 1 saturated heterocycles. The molecule has 0 spiro atoms.